The summed E-state index contributed by atoms with van der Waals surface area (Å²) in [5, 5.41) is 9.04. The minimum atomic E-state index is -0.703. The van der Waals surface area contributed by atoms with Crippen molar-refractivity contribution in [2.45, 2.75) is 58.5 Å². The molecule has 1 aliphatic heterocycles. The first-order valence-corrected chi connectivity index (χ1v) is 7.28. The van der Waals surface area contributed by atoms with Crippen LogP contribution in [-0.2, 0) is 4.79 Å². The van der Waals surface area contributed by atoms with Crippen molar-refractivity contribution in [3.8, 4) is 0 Å². The predicted octanol–water partition coefficient (Wildman–Crippen LogP) is 2.05. The van der Waals surface area contributed by atoms with Gasteiger partial charge in [0.2, 0.25) is 0 Å². The second-order valence-electron chi connectivity index (χ2n) is 5.40. The molecule has 4 nitrogen and oxygen atoms in total. The van der Waals surface area contributed by atoms with E-state index in [4.69, 9.17) is 5.11 Å². The van der Waals surface area contributed by atoms with Crippen LogP contribution in [0.4, 0.5) is 0 Å². The second-order valence-corrected chi connectivity index (χ2v) is 5.40. The fraction of sp³-hybridized carbons (Fsp3) is 0.929. The Hall–Kier alpha value is -0.610. The fourth-order valence-electron chi connectivity index (χ4n) is 2.83. The Morgan fingerprint density at radius 3 is 2.44 bits per heavy atom. The number of rotatable bonds is 7. The summed E-state index contributed by atoms with van der Waals surface area (Å²) < 4.78 is 0. The quantitative estimate of drug-likeness (QED) is 0.757. The molecule has 1 fully saturated rings. The van der Waals surface area contributed by atoms with E-state index in [0.29, 0.717) is 12.1 Å². The van der Waals surface area contributed by atoms with Gasteiger partial charge in [0.05, 0.1) is 6.54 Å². The van der Waals surface area contributed by atoms with Gasteiger partial charge < -0.3 is 10.0 Å². The Labute approximate surface area is 111 Å². The molecular formula is C14H28N2O2. The smallest absolute Gasteiger partial charge is 0.317 e. The molecule has 1 unspecified atom stereocenters. The van der Waals surface area contributed by atoms with Gasteiger partial charge in [-0.15, -0.1) is 0 Å². The zero-order valence-electron chi connectivity index (χ0n) is 12.1. The van der Waals surface area contributed by atoms with Gasteiger partial charge in [-0.2, -0.15) is 0 Å². The first-order valence-electron chi connectivity index (χ1n) is 7.28. The van der Waals surface area contributed by atoms with Crippen LogP contribution >= 0.6 is 0 Å². The van der Waals surface area contributed by atoms with Gasteiger partial charge in [-0.1, -0.05) is 13.8 Å². The molecular weight excluding hydrogens is 228 g/mol. The molecule has 0 aliphatic carbocycles. The number of carboxylic acids is 1. The second kappa shape index (κ2) is 7.74. The Morgan fingerprint density at radius 2 is 2.00 bits per heavy atom. The molecule has 1 atom stereocenters. The molecule has 106 valence electrons. The maximum Gasteiger partial charge on any atom is 0.317 e. The van der Waals surface area contributed by atoms with Gasteiger partial charge in [-0.3, -0.25) is 9.69 Å². The average molecular weight is 256 g/mol. The van der Waals surface area contributed by atoms with E-state index in [1.165, 1.54) is 13.0 Å². The van der Waals surface area contributed by atoms with Gasteiger partial charge in [0.25, 0.3) is 0 Å². The number of hydrogen-bond donors (Lipinski definition) is 1. The first kappa shape index (κ1) is 15.4. The molecule has 0 aromatic heterocycles. The topological polar surface area (TPSA) is 43.8 Å². The van der Waals surface area contributed by atoms with Crippen molar-refractivity contribution >= 4 is 5.97 Å². The van der Waals surface area contributed by atoms with Gasteiger partial charge in [0.15, 0.2) is 0 Å². The molecule has 1 N–H and O–H groups in total. The van der Waals surface area contributed by atoms with E-state index in [1.54, 1.807) is 0 Å². The third kappa shape index (κ3) is 4.58. The summed E-state index contributed by atoms with van der Waals surface area (Å²) in [6, 6.07) is 0.813. The highest BCUT2D eigenvalue weighted by atomic mass is 16.4. The Balaban J connectivity index is 2.51. The van der Waals surface area contributed by atoms with Gasteiger partial charge in [0.1, 0.15) is 0 Å². The van der Waals surface area contributed by atoms with E-state index >= 15 is 0 Å². The molecule has 0 aromatic carbocycles. The van der Waals surface area contributed by atoms with E-state index < -0.39 is 5.97 Å². The minimum Gasteiger partial charge on any atom is -0.480 e. The van der Waals surface area contributed by atoms with E-state index in [-0.39, 0.29) is 6.54 Å². The van der Waals surface area contributed by atoms with Crippen molar-refractivity contribution in [2.24, 2.45) is 0 Å². The molecule has 1 saturated heterocycles. The van der Waals surface area contributed by atoms with Crippen LogP contribution in [0.2, 0.25) is 0 Å². The number of carbonyl (C=O) groups is 1. The lowest BCUT2D eigenvalue weighted by molar-refractivity contribution is -0.140. The molecule has 0 saturated carbocycles. The van der Waals surface area contributed by atoms with Crippen molar-refractivity contribution < 1.29 is 9.90 Å². The van der Waals surface area contributed by atoms with Crippen molar-refractivity contribution in [1.82, 2.24) is 9.80 Å². The van der Waals surface area contributed by atoms with Crippen molar-refractivity contribution in [3.63, 3.8) is 0 Å². The molecule has 0 amide bonds. The number of nitrogens with zero attached hydrogens (tertiary/aromatic N) is 2. The molecule has 0 spiro atoms. The van der Waals surface area contributed by atoms with Crippen LogP contribution in [-0.4, -0.2) is 59.1 Å². The number of aliphatic carboxylic acids is 1. The zero-order chi connectivity index (χ0) is 13.5. The summed E-state index contributed by atoms with van der Waals surface area (Å²) in [6.45, 7) is 10.1. The summed E-state index contributed by atoms with van der Waals surface area (Å²) >= 11 is 0. The Morgan fingerprint density at radius 1 is 1.39 bits per heavy atom. The van der Waals surface area contributed by atoms with Crippen molar-refractivity contribution in [3.05, 3.63) is 0 Å². The van der Waals surface area contributed by atoms with E-state index in [1.807, 2.05) is 0 Å². The predicted molar refractivity (Wildman–Crippen MR) is 73.8 cm³/mol. The Bertz CT molecular complexity index is 250. The van der Waals surface area contributed by atoms with Gasteiger partial charge >= 0.3 is 5.97 Å². The van der Waals surface area contributed by atoms with Crippen LogP contribution in [0.15, 0.2) is 0 Å². The van der Waals surface area contributed by atoms with Crippen LogP contribution in [0.25, 0.3) is 0 Å². The van der Waals surface area contributed by atoms with Crippen LogP contribution in [0.3, 0.4) is 0 Å². The van der Waals surface area contributed by atoms with Gasteiger partial charge in [-0.05, 0) is 52.2 Å². The summed E-state index contributed by atoms with van der Waals surface area (Å²) in [5.74, 6) is -0.703. The summed E-state index contributed by atoms with van der Waals surface area (Å²) in [4.78, 5) is 15.7. The monoisotopic (exact) mass is 256 g/mol. The fourth-order valence-corrected chi connectivity index (χ4v) is 2.83. The highest BCUT2D eigenvalue weighted by molar-refractivity contribution is 5.69. The van der Waals surface area contributed by atoms with Crippen molar-refractivity contribution in [2.75, 3.05) is 26.2 Å². The van der Waals surface area contributed by atoms with Crippen molar-refractivity contribution in [1.29, 1.82) is 0 Å². The normalized spacial score (nSPS) is 20.2. The molecule has 4 heteroatoms. The Kier molecular flexibility index (Phi) is 6.65. The lowest BCUT2D eigenvalue weighted by Gasteiger charge is -2.40. The maximum absolute atomic E-state index is 11.0. The largest absolute Gasteiger partial charge is 0.480 e. The highest BCUT2D eigenvalue weighted by Crippen LogP contribution is 2.20. The lowest BCUT2D eigenvalue weighted by Crippen LogP contribution is -2.50. The highest BCUT2D eigenvalue weighted by Gasteiger charge is 2.28. The van der Waals surface area contributed by atoms with Crippen LogP contribution in [0, 0.1) is 0 Å². The van der Waals surface area contributed by atoms with E-state index in [9.17, 15) is 4.79 Å². The summed E-state index contributed by atoms with van der Waals surface area (Å²) in [7, 11) is 0. The summed E-state index contributed by atoms with van der Waals surface area (Å²) in [6.07, 6.45) is 4.44. The number of likely N-dealkylation sites (tertiary alicyclic amines) is 1. The summed E-state index contributed by atoms with van der Waals surface area (Å²) in [5.41, 5.74) is 0. The third-order valence-electron chi connectivity index (χ3n) is 4.04. The average Bonchev–Trinajstić information content (AvgIpc) is 2.36. The van der Waals surface area contributed by atoms with E-state index in [2.05, 4.69) is 30.6 Å². The molecule has 18 heavy (non-hydrogen) atoms. The standard InChI is InChI=1S/C14H28N2O2/c1-4-8-15-9-6-13(7-10-15)16(11-14(17)18)12(3)5-2/h12-13H,4-11H2,1-3H3,(H,17,18). The number of carboxylic acid groups (broad SMARTS) is 1. The molecule has 0 bridgehead atoms. The van der Waals surface area contributed by atoms with Gasteiger partial charge in [-0.25, -0.2) is 0 Å². The SMILES string of the molecule is CCCN1CCC(N(CC(=O)O)C(C)CC)CC1. The molecule has 1 heterocycles. The van der Waals surface area contributed by atoms with Crippen LogP contribution in [0.1, 0.15) is 46.5 Å². The molecule has 1 aliphatic rings. The van der Waals surface area contributed by atoms with Crippen LogP contribution in [0.5, 0.6) is 0 Å². The van der Waals surface area contributed by atoms with Gasteiger partial charge in [0, 0.05) is 12.1 Å². The molecule has 1 rings (SSSR count). The maximum atomic E-state index is 11.0. The minimum absolute atomic E-state index is 0.188. The zero-order valence-corrected chi connectivity index (χ0v) is 12.1. The number of piperidine rings is 1. The number of hydrogen-bond acceptors (Lipinski definition) is 3. The lowest BCUT2D eigenvalue weighted by atomic mass is 10.0. The van der Waals surface area contributed by atoms with Crippen LogP contribution < -0.4 is 0 Å². The van der Waals surface area contributed by atoms with E-state index in [0.717, 1.165) is 32.4 Å². The third-order valence-corrected chi connectivity index (χ3v) is 4.04. The molecule has 0 radical (unpaired) electrons. The first-order chi connectivity index (χ1) is 8.58. The molecule has 0 aromatic rings.